The van der Waals surface area contributed by atoms with Gasteiger partial charge in [0.1, 0.15) is 0 Å². The fraction of sp³-hybridized carbons (Fsp3) is 0.381. The van der Waals surface area contributed by atoms with Gasteiger partial charge in [0.15, 0.2) is 5.96 Å². The summed E-state index contributed by atoms with van der Waals surface area (Å²) in [6.45, 7) is 6.34. The molecule has 0 amide bonds. The molecule has 2 aromatic rings. The number of hydrogen-bond donors (Lipinski definition) is 3. The zero-order chi connectivity index (χ0) is 17.9. The number of nitrogens with one attached hydrogen (secondary N) is 2. The van der Waals surface area contributed by atoms with Crippen LogP contribution in [-0.4, -0.2) is 24.2 Å². The van der Waals surface area contributed by atoms with Crippen LogP contribution in [0.3, 0.4) is 0 Å². The highest BCUT2D eigenvalue weighted by atomic mass is 16.3. The molecular formula is C21H29N3O. The lowest BCUT2D eigenvalue weighted by Gasteiger charge is -2.15. The van der Waals surface area contributed by atoms with Crippen molar-refractivity contribution in [1.29, 1.82) is 0 Å². The Morgan fingerprint density at radius 3 is 2.32 bits per heavy atom. The molecule has 0 spiro atoms. The Morgan fingerprint density at radius 2 is 1.64 bits per heavy atom. The molecule has 0 aliphatic rings. The van der Waals surface area contributed by atoms with Crippen LogP contribution in [0.2, 0.25) is 0 Å². The topological polar surface area (TPSA) is 56.7 Å². The Morgan fingerprint density at radius 1 is 0.960 bits per heavy atom. The molecule has 0 heterocycles. The Kier molecular flexibility index (Phi) is 7.99. The quantitative estimate of drug-likeness (QED) is 0.510. The third-order valence-electron chi connectivity index (χ3n) is 4.15. The maximum absolute atomic E-state index is 10.2. The van der Waals surface area contributed by atoms with Gasteiger partial charge in [-0.15, -0.1) is 0 Å². The third kappa shape index (κ3) is 6.24. The fourth-order valence-corrected chi connectivity index (χ4v) is 2.73. The van der Waals surface area contributed by atoms with Crippen molar-refractivity contribution in [1.82, 2.24) is 10.6 Å². The van der Waals surface area contributed by atoms with Gasteiger partial charge in [0, 0.05) is 13.1 Å². The van der Waals surface area contributed by atoms with E-state index < -0.39 is 6.10 Å². The molecule has 3 N–H and O–H groups in total. The lowest BCUT2D eigenvalue weighted by Crippen LogP contribution is -2.38. The molecule has 1 unspecified atom stereocenters. The van der Waals surface area contributed by atoms with Gasteiger partial charge in [-0.3, -0.25) is 0 Å². The van der Waals surface area contributed by atoms with Crippen LogP contribution in [0.5, 0.6) is 0 Å². The zero-order valence-electron chi connectivity index (χ0n) is 15.2. The summed E-state index contributed by atoms with van der Waals surface area (Å²) in [4.78, 5) is 4.67. The first-order chi connectivity index (χ1) is 12.2. The molecule has 0 radical (unpaired) electrons. The van der Waals surface area contributed by atoms with E-state index in [-0.39, 0.29) is 0 Å². The van der Waals surface area contributed by atoms with Gasteiger partial charge in [0.05, 0.1) is 12.6 Å². The van der Waals surface area contributed by atoms with Crippen molar-refractivity contribution >= 4 is 5.96 Å². The molecule has 4 nitrogen and oxygen atoms in total. The van der Waals surface area contributed by atoms with Crippen LogP contribution in [0, 0.1) is 0 Å². The molecule has 2 aromatic carbocycles. The molecule has 0 aromatic heterocycles. The van der Waals surface area contributed by atoms with E-state index in [1.807, 2.05) is 30.3 Å². The van der Waals surface area contributed by atoms with E-state index in [2.05, 4.69) is 53.7 Å². The van der Waals surface area contributed by atoms with Crippen molar-refractivity contribution in [3.8, 4) is 0 Å². The summed E-state index contributed by atoms with van der Waals surface area (Å²) in [5, 5.41) is 16.8. The second-order valence-electron chi connectivity index (χ2n) is 5.96. The Labute approximate surface area is 151 Å². The molecule has 0 aliphatic carbocycles. The van der Waals surface area contributed by atoms with Gasteiger partial charge in [-0.1, -0.05) is 61.5 Å². The van der Waals surface area contributed by atoms with Gasteiger partial charge in [0.25, 0.3) is 0 Å². The number of aliphatic hydroxyl groups excluding tert-OH is 1. The Balaban J connectivity index is 1.89. The van der Waals surface area contributed by atoms with Crippen LogP contribution in [0.15, 0.2) is 59.6 Å². The lowest BCUT2D eigenvalue weighted by molar-refractivity contribution is 0.168. The highest BCUT2D eigenvalue weighted by Crippen LogP contribution is 2.15. The number of nitrogens with zero attached hydrogens (tertiary/aromatic N) is 1. The summed E-state index contributed by atoms with van der Waals surface area (Å²) in [5.41, 5.74) is 3.54. The average molecular weight is 339 g/mol. The van der Waals surface area contributed by atoms with E-state index in [1.165, 1.54) is 11.1 Å². The van der Waals surface area contributed by atoms with Crippen molar-refractivity contribution in [3.05, 3.63) is 71.3 Å². The molecule has 1 atom stereocenters. The predicted octanol–water partition coefficient (Wildman–Crippen LogP) is 3.43. The number of benzene rings is 2. The number of aliphatic imine (C=N–C) groups is 1. The second kappa shape index (κ2) is 10.5. The van der Waals surface area contributed by atoms with Crippen LogP contribution in [0.4, 0.5) is 0 Å². The van der Waals surface area contributed by atoms with Gasteiger partial charge in [-0.2, -0.15) is 0 Å². The molecule has 2 rings (SSSR count). The maximum atomic E-state index is 10.2. The van der Waals surface area contributed by atoms with E-state index in [4.69, 9.17) is 0 Å². The van der Waals surface area contributed by atoms with Crippen molar-refractivity contribution in [2.75, 3.05) is 13.1 Å². The van der Waals surface area contributed by atoms with Crippen molar-refractivity contribution in [3.63, 3.8) is 0 Å². The smallest absolute Gasteiger partial charge is 0.191 e. The number of hydrogen-bond acceptors (Lipinski definition) is 2. The average Bonchev–Trinajstić information content (AvgIpc) is 2.66. The van der Waals surface area contributed by atoms with Crippen LogP contribution in [0.1, 0.15) is 43.1 Å². The minimum absolute atomic E-state index is 0.461. The van der Waals surface area contributed by atoms with Crippen LogP contribution >= 0.6 is 0 Å². The Hall–Kier alpha value is -2.33. The van der Waals surface area contributed by atoms with Crippen LogP contribution in [0.25, 0.3) is 0 Å². The lowest BCUT2D eigenvalue weighted by atomic mass is 10.1. The standard InChI is InChI=1S/C21H29N3O/c1-3-17-10-8-9-13-19(17)16-24-21(22-4-2)23-15-14-20(25)18-11-6-5-7-12-18/h5-13,20,25H,3-4,14-16H2,1-2H3,(H2,22,23,24). The molecule has 4 heteroatoms. The van der Waals surface area contributed by atoms with Gasteiger partial charge in [-0.05, 0) is 36.5 Å². The first-order valence-corrected chi connectivity index (χ1v) is 9.06. The number of rotatable bonds is 8. The third-order valence-corrected chi connectivity index (χ3v) is 4.15. The summed E-state index contributed by atoms with van der Waals surface area (Å²) in [7, 11) is 0. The summed E-state index contributed by atoms with van der Waals surface area (Å²) in [6.07, 6.45) is 1.19. The zero-order valence-corrected chi connectivity index (χ0v) is 15.2. The van der Waals surface area contributed by atoms with Crippen LogP contribution in [-0.2, 0) is 13.0 Å². The molecular weight excluding hydrogens is 310 g/mol. The van der Waals surface area contributed by atoms with Gasteiger partial charge in [-0.25, -0.2) is 4.99 Å². The summed E-state index contributed by atoms with van der Waals surface area (Å²) in [5.74, 6) is 0.786. The summed E-state index contributed by atoms with van der Waals surface area (Å²) >= 11 is 0. The van der Waals surface area contributed by atoms with Crippen molar-refractivity contribution in [2.45, 2.75) is 39.3 Å². The Bertz CT molecular complexity index is 655. The van der Waals surface area contributed by atoms with E-state index in [0.29, 0.717) is 19.5 Å². The maximum Gasteiger partial charge on any atom is 0.191 e. The van der Waals surface area contributed by atoms with Gasteiger partial charge >= 0.3 is 0 Å². The molecule has 0 saturated heterocycles. The highest BCUT2D eigenvalue weighted by molar-refractivity contribution is 5.79. The molecule has 0 aliphatic heterocycles. The molecule has 0 fully saturated rings. The molecule has 0 saturated carbocycles. The van der Waals surface area contributed by atoms with Gasteiger partial charge in [0.2, 0.25) is 0 Å². The molecule has 25 heavy (non-hydrogen) atoms. The highest BCUT2D eigenvalue weighted by Gasteiger charge is 2.07. The molecule has 134 valence electrons. The van der Waals surface area contributed by atoms with E-state index in [0.717, 1.165) is 24.5 Å². The van der Waals surface area contributed by atoms with E-state index in [1.54, 1.807) is 0 Å². The van der Waals surface area contributed by atoms with Crippen LogP contribution < -0.4 is 10.6 Å². The first-order valence-electron chi connectivity index (χ1n) is 9.06. The minimum Gasteiger partial charge on any atom is -0.388 e. The predicted molar refractivity (Wildman–Crippen MR) is 105 cm³/mol. The minimum atomic E-state index is -0.461. The largest absolute Gasteiger partial charge is 0.388 e. The van der Waals surface area contributed by atoms with E-state index in [9.17, 15) is 5.11 Å². The van der Waals surface area contributed by atoms with Crippen molar-refractivity contribution in [2.24, 2.45) is 4.99 Å². The fourth-order valence-electron chi connectivity index (χ4n) is 2.73. The van der Waals surface area contributed by atoms with E-state index >= 15 is 0 Å². The normalized spacial score (nSPS) is 12.7. The van der Waals surface area contributed by atoms with Crippen molar-refractivity contribution < 1.29 is 5.11 Å². The van der Waals surface area contributed by atoms with Gasteiger partial charge < -0.3 is 15.7 Å². The SMILES string of the molecule is CCNC(=NCc1ccccc1CC)NCCC(O)c1ccccc1. The first kappa shape index (κ1) is 19.0. The second-order valence-corrected chi connectivity index (χ2v) is 5.96. The summed E-state index contributed by atoms with van der Waals surface area (Å²) < 4.78 is 0. The summed E-state index contributed by atoms with van der Waals surface area (Å²) in [6, 6.07) is 18.2. The molecule has 0 bridgehead atoms. The number of guanidine groups is 1. The monoisotopic (exact) mass is 339 g/mol. The number of aryl methyl sites for hydroxylation is 1. The number of aliphatic hydroxyl groups is 1.